The highest BCUT2D eigenvalue weighted by atomic mass is 16.6. The number of carbonyl (C=O) groups excluding carboxylic acids is 6. The first-order valence-electron chi connectivity index (χ1n) is 18.6. The maximum atomic E-state index is 14.6. The first kappa shape index (κ1) is 34.7. The fraction of sp³-hybridized carbons (Fsp3) is 0.650. The number of hydrogen-bond donors (Lipinski definition) is 2. The molecule has 0 radical (unpaired) electrons. The number of cyclic esters (lactones) is 3. The quantitative estimate of drug-likeness (QED) is 0.173. The van der Waals surface area contributed by atoms with Gasteiger partial charge in [0.15, 0.2) is 12.4 Å². The van der Waals surface area contributed by atoms with Crippen molar-refractivity contribution in [1.29, 1.82) is 0 Å². The van der Waals surface area contributed by atoms with E-state index in [0.29, 0.717) is 18.4 Å². The van der Waals surface area contributed by atoms with E-state index in [1.807, 2.05) is 6.92 Å². The van der Waals surface area contributed by atoms with Crippen LogP contribution in [0, 0.1) is 52.3 Å². The number of carbonyl (C=O) groups is 6. The fourth-order valence-corrected chi connectivity index (χ4v) is 12.7. The van der Waals surface area contributed by atoms with Crippen molar-refractivity contribution < 1.29 is 62.7 Å². The summed E-state index contributed by atoms with van der Waals surface area (Å²) in [5.41, 5.74) is -1.88. The van der Waals surface area contributed by atoms with Gasteiger partial charge in [0, 0.05) is 40.4 Å². The second kappa shape index (κ2) is 11.0. The molecule has 0 saturated heterocycles. The van der Waals surface area contributed by atoms with Gasteiger partial charge >= 0.3 is 29.8 Å². The van der Waals surface area contributed by atoms with E-state index in [4.69, 9.17) is 23.7 Å². The monoisotopic (exact) mass is 732 g/mol. The smallest absolute Gasteiger partial charge is 0.344 e. The van der Waals surface area contributed by atoms with Crippen molar-refractivity contribution in [3.63, 3.8) is 0 Å². The van der Waals surface area contributed by atoms with Crippen molar-refractivity contribution in [2.45, 2.75) is 83.5 Å². The third-order valence-electron chi connectivity index (χ3n) is 15.2. The minimum atomic E-state index is -1.52. The molecule has 5 saturated carbocycles. The van der Waals surface area contributed by atoms with Gasteiger partial charge in [-0.25, -0.2) is 19.2 Å². The van der Waals surface area contributed by atoms with Crippen LogP contribution in [0.3, 0.4) is 0 Å². The van der Waals surface area contributed by atoms with Gasteiger partial charge in [-0.3, -0.25) is 9.59 Å². The van der Waals surface area contributed by atoms with Crippen LogP contribution in [0.5, 0.6) is 0 Å². The van der Waals surface area contributed by atoms with Gasteiger partial charge in [-0.1, -0.05) is 25.5 Å². The Bertz CT molecular complexity index is 1970. The Morgan fingerprint density at radius 1 is 0.925 bits per heavy atom. The molecule has 53 heavy (non-hydrogen) atoms. The lowest BCUT2D eigenvalue weighted by Gasteiger charge is -2.63. The number of aliphatic hydroxyl groups excluding tert-OH is 1. The molecule has 0 aromatic heterocycles. The van der Waals surface area contributed by atoms with E-state index in [9.17, 15) is 39.0 Å². The molecule has 13 nitrogen and oxygen atoms in total. The van der Waals surface area contributed by atoms with E-state index in [2.05, 4.69) is 6.92 Å². The molecule has 9 rings (SSSR count). The number of esters is 5. The molecule has 2 N–H and O–H groups in total. The van der Waals surface area contributed by atoms with E-state index in [-0.39, 0.29) is 71.8 Å². The summed E-state index contributed by atoms with van der Waals surface area (Å²) in [6.45, 7) is 5.57. The zero-order valence-corrected chi connectivity index (χ0v) is 30.4. The lowest BCUT2D eigenvalue weighted by Crippen LogP contribution is -2.67. The number of fused-ring (bicyclic) bond motifs is 7. The number of ether oxygens (including phenoxy) is 5. The second-order valence-electron chi connectivity index (χ2n) is 17.2. The molecule has 282 valence electrons. The molecule has 12 atom stereocenters. The topological polar surface area (TPSA) is 189 Å². The van der Waals surface area contributed by atoms with Gasteiger partial charge in [0.1, 0.15) is 30.5 Å². The third kappa shape index (κ3) is 4.21. The SMILES string of the molecule is COC(=O)/C(C)=C1\C(=O)[C@H](O)C2(C)C3=C(C[C@@H]4C5(OC(=O)C6=C5C[C@H]5[C@](O)(COC(=O)/C(C)=C/CCC(=O)OCC(=O)OC6)[C@H]6C[C@H]6[C@@]45C)[C@@H]31)[C@H]1C[C@H]12. The summed E-state index contributed by atoms with van der Waals surface area (Å²) in [6, 6.07) is 0. The summed E-state index contributed by atoms with van der Waals surface area (Å²) < 4.78 is 28.3. The Morgan fingerprint density at radius 3 is 2.40 bits per heavy atom. The number of ketones is 1. The van der Waals surface area contributed by atoms with Crippen LogP contribution >= 0.6 is 0 Å². The van der Waals surface area contributed by atoms with Crippen LogP contribution < -0.4 is 0 Å². The minimum absolute atomic E-state index is 0.00529. The molecule has 2 heterocycles. The maximum Gasteiger partial charge on any atom is 0.344 e. The second-order valence-corrected chi connectivity index (χ2v) is 17.2. The molecular formula is C40H44O13. The van der Waals surface area contributed by atoms with Crippen molar-refractivity contribution in [3.8, 4) is 0 Å². The zero-order chi connectivity index (χ0) is 37.7. The van der Waals surface area contributed by atoms with Crippen LogP contribution in [0.2, 0.25) is 0 Å². The number of Topliss-reactive ketones (excluding diaryl/α,β-unsaturated/α-hetero) is 1. The Kier molecular flexibility index (Phi) is 7.19. The summed E-state index contributed by atoms with van der Waals surface area (Å²) in [4.78, 5) is 80.7. The third-order valence-corrected chi connectivity index (χ3v) is 15.2. The van der Waals surface area contributed by atoms with E-state index < -0.39 is 94.7 Å². The van der Waals surface area contributed by atoms with Crippen molar-refractivity contribution in [2.75, 3.05) is 26.9 Å². The van der Waals surface area contributed by atoms with Crippen molar-refractivity contribution in [2.24, 2.45) is 52.3 Å². The summed E-state index contributed by atoms with van der Waals surface area (Å²) in [5, 5.41) is 24.6. The predicted molar refractivity (Wildman–Crippen MR) is 179 cm³/mol. The molecule has 2 unspecified atom stereocenters. The highest BCUT2D eigenvalue weighted by Gasteiger charge is 2.84. The largest absolute Gasteiger partial charge is 0.466 e. The van der Waals surface area contributed by atoms with Crippen LogP contribution in [-0.4, -0.2) is 90.1 Å². The molecule has 0 aromatic carbocycles. The number of rotatable bonds is 1. The Hall–Kier alpha value is -4.10. The fourth-order valence-electron chi connectivity index (χ4n) is 12.7. The molecule has 0 aromatic rings. The van der Waals surface area contributed by atoms with Crippen LogP contribution in [0.25, 0.3) is 0 Å². The Labute approximate surface area is 305 Å². The van der Waals surface area contributed by atoms with Gasteiger partial charge in [-0.2, -0.15) is 0 Å². The average Bonchev–Trinajstić information content (AvgIpc) is 4.05. The highest BCUT2D eigenvalue weighted by molar-refractivity contribution is 6.09. The first-order chi connectivity index (χ1) is 25.1. The lowest BCUT2D eigenvalue weighted by molar-refractivity contribution is -0.191. The van der Waals surface area contributed by atoms with Gasteiger partial charge in [-0.15, -0.1) is 0 Å². The highest BCUT2D eigenvalue weighted by Crippen LogP contribution is 2.83. The minimum Gasteiger partial charge on any atom is -0.466 e. The normalized spacial score (nSPS) is 47.3. The molecule has 13 heteroatoms. The number of methoxy groups -OCH3 is 1. The van der Waals surface area contributed by atoms with E-state index in [1.54, 1.807) is 13.0 Å². The van der Waals surface area contributed by atoms with Crippen LogP contribution in [0.1, 0.15) is 66.2 Å². The van der Waals surface area contributed by atoms with Crippen LogP contribution in [0.15, 0.2) is 45.1 Å². The summed E-state index contributed by atoms with van der Waals surface area (Å²) in [6.07, 6.45) is 2.22. The summed E-state index contributed by atoms with van der Waals surface area (Å²) in [5.74, 6) is -6.42. The molecule has 2 aliphatic heterocycles. The summed E-state index contributed by atoms with van der Waals surface area (Å²) in [7, 11) is 1.22. The predicted octanol–water partition coefficient (Wildman–Crippen LogP) is 2.38. The van der Waals surface area contributed by atoms with Gasteiger partial charge in [0.05, 0.1) is 18.6 Å². The van der Waals surface area contributed by atoms with Crippen molar-refractivity contribution in [3.05, 3.63) is 45.1 Å². The Balaban J connectivity index is 1.27. The van der Waals surface area contributed by atoms with Gasteiger partial charge in [0.25, 0.3) is 0 Å². The number of aliphatic hydroxyl groups is 2. The van der Waals surface area contributed by atoms with Gasteiger partial charge in [0.2, 0.25) is 0 Å². The van der Waals surface area contributed by atoms with Gasteiger partial charge in [-0.05, 0) is 86.2 Å². The van der Waals surface area contributed by atoms with Crippen LogP contribution in [0.4, 0.5) is 0 Å². The van der Waals surface area contributed by atoms with Gasteiger partial charge < -0.3 is 33.9 Å². The average molecular weight is 733 g/mol. The molecule has 1 spiro atoms. The van der Waals surface area contributed by atoms with E-state index in [0.717, 1.165) is 17.6 Å². The number of hydrogen-bond acceptors (Lipinski definition) is 13. The van der Waals surface area contributed by atoms with Crippen LogP contribution in [-0.2, 0) is 52.5 Å². The molecule has 2 bridgehead atoms. The first-order valence-corrected chi connectivity index (χ1v) is 18.6. The van der Waals surface area contributed by atoms with E-state index >= 15 is 0 Å². The van der Waals surface area contributed by atoms with Crippen molar-refractivity contribution in [1.82, 2.24) is 0 Å². The molecule has 0 amide bonds. The summed E-state index contributed by atoms with van der Waals surface area (Å²) >= 11 is 0. The molecular weight excluding hydrogens is 688 g/mol. The maximum absolute atomic E-state index is 14.6. The lowest BCUT2D eigenvalue weighted by atomic mass is 9.42. The molecule has 7 aliphatic carbocycles. The standard InChI is InChI=1S/C40H44O13/c1-16-7-6-8-27(41)51-14-28(42)50-13-20-22-12-25-37(3,23-11-24(23)39(25,48)15-52-34(16)45)26-10-19-18-9-21(18)38(4)30(19)31(40(22,26)53-36(20)47)29(32(43)33(38)44)17(2)35(46)49-5/h7,18,21,23-26,31,33,44,48H,6,8-15H2,1-5H3/b16-7+,29-17-/t18-,21-,23-,24+,25-,26+,31-,33+,37-,38?,39+,40?/m1/s1. The molecule has 9 aliphatic rings. The van der Waals surface area contributed by atoms with Crippen molar-refractivity contribution >= 4 is 35.6 Å². The zero-order valence-electron chi connectivity index (χ0n) is 30.4. The Morgan fingerprint density at radius 2 is 1.66 bits per heavy atom. The molecule has 5 fully saturated rings. The van der Waals surface area contributed by atoms with E-state index in [1.165, 1.54) is 14.0 Å². The number of allylic oxidation sites excluding steroid dienone is 2.